The van der Waals surface area contributed by atoms with Gasteiger partial charge < -0.3 is 24.1 Å². The number of rotatable bonds is 7. The Labute approximate surface area is 180 Å². The van der Waals surface area contributed by atoms with Gasteiger partial charge in [-0.3, -0.25) is 4.79 Å². The van der Waals surface area contributed by atoms with Crippen LogP contribution in [0.25, 0.3) is 22.3 Å². The number of aromatic hydroxyl groups is 1. The van der Waals surface area contributed by atoms with E-state index in [1.165, 1.54) is 0 Å². The van der Waals surface area contributed by atoms with Crippen LogP contribution in [0, 0.1) is 0 Å². The summed E-state index contributed by atoms with van der Waals surface area (Å²) in [5.41, 5.74) is 5.06. The quantitative estimate of drug-likeness (QED) is 0.462. The molecule has 1 unspecified atom stereocenters. The molecule has 1 N–H and O–H groups in total. The molecule has 0 bridgehead atoms. The SMILES string of the molecule is CCC(C=O)c1cc2n(c(=O)c1COC)Cc1cc3c(CN(C)C)c(O)ccc3nc1-2. The molecule has 3 heterocycles. The third kappa shape index (κ3) is 3.54. The van der Waals surface area contributed by atoms with E-state index in [-0.39, 0.29) is 23.8 Å². The molecule has 0 radical (unpaired) electrons. The van der Waals surface area contributed by atoms with Gasteiger partial charge >= 0.3 is 0 Å². The van der Waals surface area contributed by atoms with Crippen molar-refractivity contribution in [2.75, 3.05) is 21.2 Å². The van der Waals surface area contributed by atoms with Gasteiger partial charge in [-0.15, -0.1) is 0 Å². The summed E-state index contributed by atoms with van der Waals surface area (Å²) >= 11 is 0. The van der Waals surface area contributed by atoms with Crippen molar-refractivity contribution in [1.29, 1.82) is 0 Å². The molecule has 162 valence electrons. The summed E-state index contributed by atoms with van der Waals surface area (Å²) in [5, 5.41) is 11.3. The number of phenolic OH excluding ortho intramolecular Hbond substituents is 1. The van der Waals surface area contributed by atoms with Crippen molar-refractivity contribution in [3.63, 3.8) is 0 Å². The zero-order chi connectivity index (χ0) is 22.3. The Kier molecular flexibility index (Phi) is 5.64. The van der Waals surface area contributed by atoms with Gasteiger partial charge in [-0.1, -0.05) is 6.92 Å². The smallest absolute Gasteiger partial charge is 0.257 e. The van der Waals surface area contributed by atoms with Gasteiger partial charge in [0.1, 0.15) is 12.0 Å². The van der Waals surface area contributed by atoms with Crippen molar-refractivity contribution in [2.45, 2.75) is 39.0 Å². The minimum Gasteiger partial charge on any atom is -0.508 e. The minimum atomic E-state index is -0.364. The van der Waals surface area contributed by atoms with E-state index in [2.05, 4.69) is 0 Å². The summed E-state index contributed by atoms with van der Waals surface area (Å²) < 4.78 is 6.98. The van der Waals surface area contributed by atoms with E-state index < -0.39 is 0 Å². The van der Waals surface area contributed by atoms with Crippen molar-refractivity contribution in [3.8, 4) is 17.1 Å². The van der Waals surface area contributed by atoms with E-state index in [4.69, 9.17) is 9.72 Å². The number of aromatic nitrogens is 2. The predicted molar refractivity (Wildman–Crippen MR) is 119 cm³/mol. The molecular formula is C24H27N3O4. The number of carbonyl (C=O) groups is 1. The molecule has 1 atom stereocenters. The van der Waals surface area contributed by atoms with E-state index in [0.29, 0.717) is 30.6 Å². The fourth-order valence-corrected chi connectivity index (χ4v) is 4.40. The predicted octanol–water partition coefficient (Wildman–Crippen LogP) is 3.03. The van der Waals surface area contributed by atoms with Gasteiger partial charge in [0.05, 0.1) is 30.1 Å². The summed E-state index contributed by atoms with van der Waals surface area (Å²) in [6, 6.07) is 7.40. The molecule has 31 heavy (non-hydrogen) atoms. The second-order valence-electron chi connectivity index (χ2n) is 8.30. The average Bonchev–Trinajstić information content (AvgIpc) is 3.10. The topological polar surface area (TPSA) is 84.7 Å². The molecule has 0 amide bonds. The van der Waals surface area contributed by atoms with Crippen LogP contribution < -0.4 is 5.56 Å². The number of pyridine rings is 2. The maximum Gasteiger partial charge on any atom is 0.257 e. The standard InChI is InChI=1S/C24H27N3O4/c1-5-14(12-28)16-9-21-23-15(10-27(21)24(30)19(16)13-31-4)8-17-18(11-26(2)3)22(29)7-6-20(17)25-23/h6-9,12,14,29H,5,10-11,13H2,1-4H3. The van der Waals surface area contributed by atoms with Crippen LogP contribution in [0.3, 0.4) is 0 Å². The number of benzene rings is 1. The van der Waals surface area contributed by atoms with E-state index >= 15 is 0 Å². The number of nitrogens with zero attached hydrogens (tertiary/aromatic N) is 3. The van der Waals surface area contributed by atoms with Crippen molar-refractivity contribution in [1.82, 2.24) is 14.5 Å². The van der Waals surface area contributed by atoms with Gasteiger partial charge in [0, 0.05) is 41.6 Å². The molecule has 0 spiro atoms. The largest absolute Gasteiger partial charge is 0.508 e. The second-order valence-corrected chi connectivity index (χ2v) is 8.30. The molecule has 4 rings (SSSR count). The number of ether oxygens (including phenoxy) is 1. The summed E-state index contributed by atoms with van der Waals surface area (Å²) in [6.45, 7) is 3.07. The first-order chi connectivity index (χ1) is 14.9. The molecule has 0 saturated carbocycles. The molecule has 0 saturated heterocycles. The van der Waals surface area contributed by atoms with Crippen LogP contribution in [0.4, 0.5) is 0 Å². The summed E-state index contributed by atoms with van der Waals surface area (Å²) in [4.78, 5) is 31.9. The molecule has 1 aliphatic heterocycles. The number of methoxy groups -OCH3 is 1. The number of hydrogen-bond acceptors (Lipinski definition) is 6. The monoisotopic (exact) mass is 421 g/mol. The molecule has 2 aromatic heterocycles. The van der Waals surface area contributed by atoms with Gasteiger partial charge in [0.25, 0.3) is 5.56 Å². The van der Waals surface area contributed by atoms with Crippen LogP contribution in [-0.4, -0.2) is 47.0 Å². The molecular weight excluding hydrogens is 394 g/mol. The summed E-state index contributed by atoms with van der Waals surface area (Å²) in [7, 11) is 5.44. The lowest BCUT2D eigenvalue weighted by molar-refractivity contribution is -0.109. The summed E-state index contributed by atoms with van der Waals surface area (Å²) in [6.07, 6.45) is 1.50. The Morgan fingerprint density at radius 3 is 2.71 bits per heavy atom. The number of carbonyl (C=O) groups excluding carboxylic acids is 1. The maximum absolute atomic E-state index is 13.3. The normalized spacial score (nSPS) is 13.5. The van der Waals surface area contributed by atoms with Crippen molar-refractivity contribution in [2.24, 2.45) is 0 Å². The highest BCUT2D eigenvalue weighted by Gasteiger charge is 2.27. The number of aldehydes is 1. The Morgan fingerprint density at radius 2 is 2.06 bits per heavy atom. The van der Waals surface area contributed by atoms with Crippen LogP contribution in [0.2, 0.25) is 0 Å². The van der Waals surface area contributed by atoms with E-state index in [1.54, 1.807) is 23.8 Å². The zero-order valence-corrected chi connectivity index (χ0v) is 18.3. The lowest BCUT2D eigenvalue weighted by Gasteiger charge is -2.16. The molecule has 7 heteroatoms. The van der Waals surface area contributed by atoms with Gasteiger partial charge in [-0.25, -0.2) is 4.98 Å². The third-order valence-corrected chi connectivity index (χ3v) is 5.94. The van der Waals surface area contributed by atoms with Gasteiger partial charge in [-0.2, -0.15) is 0 Å². The Morgan fingerprint density at radius 1 is 1.29 bits per heavy atom. The second kappa shape index (κ2) is 8.24. The van der Waals surface area contributed by atoms with Gasteiger partial charge in [0.2, 0.25) is 0 Å². The first-order valence-corrected chi connectivity index (χ1v) is 10.4. The van der Waals surface area contributed by atoms with Crippen LogP contribution in [0.15, 0.2) is 29.1 Å². The van der Waals surface area contributed by atoms with E-state index in [0.717, 1.165) is 39.7 Å². The highest BCUT2D eigenvalue weighted by molar-refractivity contribution is 5.88. The third-order valence-electron chi connectivity index (χ3n) is 5.94. The number of hydrogen-bond donors (Lipinski definition) is 1. The first-order valence-electron chi connectivity index (χ1n) is 10.4. The highest BCUT2D eigenvalue weighted by Crippen LogP contribution is 2.36. The van der Waals surface area contributed by atoms with Crippen molar-refractivity contribution in [3.05, 3.63) is 56.9 Å². The Hall–Kier alpha value is -3.03. The zero-order valence-electron chi connectivity index (χ0n) is 18.3. The number of fused-ring (bicyclic) bond motifs is 4. The van der Waals surface area contributed by atoms with Gasteiger partial charge in [0.15, 0.2) is 0 Å². The Balaban J connectivity index is 1.95. The molecule has 1 aromatic carbocycles. The fraction of sp³-hybridized carbons (Fsp3) is 0.375. The van der Waals surface area contributed by atoms with Crippen molar-refractivity contribution >= 4 is 17.2 Å². The average molecular weight is 421 g/mol. The Bertz CT molecular complexity index is 1230. The molecule has 7 nitrogen and oxygen atoms in total. The molecule has 0 fully saturated rings. The lowest BCUT2D eigenvalue weighted by Crippen LogP contribution is -2.26. The summed E-state index contributed by atoms with van der Waals surface area (Å²) in [5.74, 6) is -0.131. The van der Waals surface area contributed by atoms with Crippen molar-refractivity contribution < 1.29 is 14.6 Å². The van der Waals surface area contributed by atoms with E-state index in [1.807, 2.05) is 38.1 Å². The fourth-order valence-electron chi connectivity index (χ4n) is 4.40. The molecule has 3 aromatic rings. The van der Waals surface area contributed by atoms with Crippen LogP contribution >= 0.6 is 0 Å². The van der Waals surface area contributed by atoms with Gasteiger partial charge in [-0.05, 0) is 50.3 Å². The maximum atomic E-state index is 13.3. The van der Waals surface area contributed by atoms with Crippen LogP contribution in [0.5, 0.6) is 5.75 Å². The van der Waals surface area contributed by atoms with Crippen LogP contribution in [0.1, 0.15) is 41.5 Å². The molecule has 1 aliphatic rings. The molecule has 0 aliphatic carbocycles. The highest BCUT2D eigenvalue weighted by atomic mass is 16.5. The minimum absolute atomic E-state index is 0.145. The lowest BCUT2D eigenvalue weighted by atomic mass is 9.93. The first kappa shape index (κ1) is 21.2. The number of phenols is 1. The van der Waals surface area contributed by atoms with Crippen LogP contribution in [-0.2, 0) is 29.2 Å². The van der Waals surface area contributed by atoms with E-state index in [9.17, 15) is 14.7 Å².